The summed E-state index contributed by atoms with van der Waals surface area (Å²) in [5, 5.41) is 5.56. The van der Waals surface area contributed by atoms with E-state index < -0.39 is 0 Å². The van der Waals surface area contributed by atoms with Gasteiger partial charge in [-0.1, -0.05) is 24.3 Å². The zero-order valence-corrected chi connectivity index (χ0v) is 17.8. The van der Waals surface area contributed by atoms with Gasteiger partial charge in [0.1, 0.15) is 12.3 Å². The molecule has 1 fully saturated rings. The predicted octanol–water partition coefficient (Wildman–Crippen LogP) is 2.99. The third-order valence-electron chi connectivity index (χ3n) is 5.98. The van der Waals surface area contributed by atoms with Gasteiger partial charge in [-0.25, -0.2) is 9.51 Å². The van der Waals surface area contributed by atoms with Crippen molar-refractivity contribution in [3.63, 3.8) is 0 Å². The molecule has 0 N–H and O–H groups in total. The summed E-state index contributed by atoms with van der Waals surface area (Å²) < 4.78 is 6.92. The van der Waals surface area contributed by atoms with Crippen molar-refractivity contribution < 1.29 is 9.53 Å². The first kappa shape index (κ1) is 19.7. The second-order valence-corrected chi connectivity index (χ2v) is 8.08. The summed E-state index contributed by atoms with van der Waals surface area (Å²) >= 11 is 0. The Bertz CT molecular complexity index is 1420. The Labute approximate surface area is 189 Å². The fourth-order valence-electron chi connectivity index (χ4n) is 4.32. The normalized spacial score (nSPS) is 20.2. The number of para-hydroxylation sites is 1. The Morgan fingerprint density at radius 3 is 3.00 bits per heavy atom. The van der Waals surface area contributed by atoms with Crippen LogP contribution in [0.4, 0.5) is 5.95 Å². The van der Waals surface area contributed by atoms with Crippen molar-refractivity contribution in [2.24, 2.45) is 4.99 Å². The highest BCUT2D eigenvalue weighted by Gasteiger charge is 2.26. The van der Waals surface area contributed by atoms with Gasteiger partial charge in [0, 0.05) is 41.8 Å². The van der Waals surface area contributed by atoms with Crippen molar-refractivity contribution in [2.75, 3.05) is 19.8 Å². The van der Waals surface area contributed by atoms with E-state index in [1.807, 2.05) is 47.5 Å². The molecule has 1 amide bonds. The first-order valence-electron chi connectivity index (χ1n) is 10.9. The van der Waals surface area contributed by atoms with Gasteiger partial charge in [-0.05, 0) is 31.1 Å². The van der Waals surface area contributed by atoms with E-state index in [9.17, 15) is 4.79 Å². The molecule has 164 valence electrons. The van der Waals surface area contributed by atoms with Crippen LogP contribution in [0.15, 0.2) is 66.1 Å². The van der Waals surface area contributed by atoms with Crippen LogP contribution in [0, 0.1) is 0 Å². The molecule has 0 bridgehead atoms. The molecule has 6 rings (SSSR count). The molecule has 3 aromatic heterocycles. The lowest BCUT2D eigenvalue weighted by molar-refractivity contribution is -0.144. The number of amides is 1. The number of pyridine rings is 1. The van der Waals surface area contributed by atoms with E-state index >= 15 is 0 Å². The van der Waals surface area contributed by atoms with E-state index in [2.05, 4.69) is 31.1 Å². The summed E-state index contributed by atoms with van der Waals surface area (Å²) in [7, 11) is 0. The van der Waals surface area contributed by atoms with E-state index in [1.165, 1.54) is 0 Å². The lowest BCUT2D eigenvalue weighted by Gasteiger charge is -2.34. The molecule has 1 aliphatic carbocycles. The number of aromatic nitrogens is 5. The molecule has 1 unspecified atom stereocenters. The Morgan fingerprint density at radius 1 is 1.18 bits per heavy atom. The molecule has 0 spiro atoms. The van der Waals surface area contributed by atoms with Gasteiger partial charge >= 0.3 is 0 Å². The molecule has 1 atom stereocenters. The highest BCUT2D eigenvalue weighted by molar-refractivity contribution is 5.97. The summed E-state index contributed by atoms with van der Waals surface area (Å²) in [6.07, 6.45) is 10.9. The molecule has 4 aromatic rings. The van der Waals surface area contributed by atoms with Crippen molar-refractivity contribution in [3.8, 4) is 11.3 Å². The minimum Gasteiger partial charge on any atom is -0.370 e. The third kappa shape index (κ3) is 3.76. The zero-order valence-electron chi connectivity index (χ0n) is 17.8. The average Bonchev–Trinajstić information content (AvgIpc) is 3.27. The third-order valence-corrected chi connectivity index (χ3v) is 5.98. The average molecular weight is 439 g/mol. The Kier molecular flexibility index (Phi) is 4.88. The molecule has 2 aliphatic rings. The second-order valence-electron chi connectivity index (χ2n) is 8.08. The number of benzene rings is 1. The van der Waals surface area contributed by atoms with Crippen LogP contribution < -0.4 is 0 Å². The SMILES string of the molecule is O=C1COCCN1C1C=CC(=Nc2nc3c(-c4cnc5ccccc5c4)nccn3n2)CC1. The van der Waals surface area contributed by atoms with Crippen molar-refractivity contribution >= 4 is 34.1 Å². The van der Waals surface area contributed by atoms with Crippen LogP contribution in [-0.2, 0) is 9.53 Å². The van der Waals surface area contributed by atoms with Gasteiger partial charge in [-0.3, -0.25) is 14.8 Å². The molecule has 1 aromatic carbocycles. The molecule has 33 heavy (non-hydrogen) atoms. The van der Waals surface area contributed by atoms with Crippen LogP contribution in [0.25, 0.3) is 27.8 Å². The van der Waals surface area contributed by atoms with E-state index in [1.54, 1.807) is 16.9 Å². The topological polar surface area (TPSA) is 97.9 Å². The quantitative estimate of drug-likeness (QED) is 0.487. The number of ether oxygens (including phenoxy) is 1. The van der Waals surface area contributed by atoms with Crippen LogP contribution in [-0.4, -0.2) is 66.9 Å². The molecule has 9 nitrogen and oxygen atoms in total. The van der Waals surface area contributed by atoms with Crippen molar-refractivity contribution in [1.29, 1.82) is 0 Å². The van der Waals surface area contributed by atoms with Crippen molar-refractivity contribution in [2.45, 2.75) is 18.9 Å². The van der Waals surface area contributed by atoms with E-state index in [-0.39, 0.29) is 18.6 Å². The summed E-state index contributed by atoms with van der Waals surface area (Å²) in [6, 6.07) is 10.1. The Morgan fingerprint density at radius 2 is 2.12 bits per heavy atom. The molecule has 1 saturated heterocycles. The monoisotopic (exact) mass is 439 g/mol. The van der Waals surface area contributed by atoms with Gasteiger partial charge in [0.2, 0.25) is 5.91 Å². The lowest BCUT2D eigenvalue weighted by Crippen LogP contribution is -2.47. The molecule has 0 saturated carbocycles. The number of nitrogens with zero attached hydrogens (tertiary/aromatic N) is 7. The minimum atomic E-state index is 0.0431. The van der Waals surface area contributed by atoms with Crippen LogP contribution in [0.1, 0.15) is 12.8 Å². The minimum absolute atomic E-state index is 0.0431. The van der Waals surface area contributed by atoms with E-state index in [0.717, 1.165) is 35.0 Å². The molecular formula is C24H21N7O2. The molecule has 4 heterocycles. The Balaban J connectivity index is 1.29. The van der Waals surface area contributed by atoms with Crippen LogP contribution in [0.2, 0.25) is 0 Å². The largest absolute Gasteiger partial charge is 0.370 e. The highest BCUT2D eigenvalue weighted by Crippen LogP contribution is 2.25. The summed E-state index contributed by atoms with van der Waals surface area (Å²) in [4.78, 5) is 32.4. The van der Waals surface area contributed by atoms with Gasteiger partial charge in [0.05, 0.1) is 18.2 Å². The maximum atomic E-state index is 12.1. The molecule has 9 heteroatoms. The summed E-state index contributed by atoms with van der Waals surface area (Å²) in [6.45, 7) is 1.39. The van der Waals surface area contributed by atoms with Gasteiger partial charge in [0.25, 0.3) is 5.95 Å². The summed E-state index contributed by atoms with van der Waals surface area (Å²) in [5.74, 6) is 0.431. The number of aliphatic imine (C=N–C) groups is 1. The van der Waals surface area contributed by atoms with Crippen LogP contribution in [0.5, 0.6) is 0 Å². The zero-order chi connectivity index (χ0) is 22.2. The Hall–Kier alpha value is -3.98. The number of rotatable bonds is 3. The first-order chi connectivity index (χ1) is 16.2. The van der Waals surface area contributed by atoms with Gasteiger partial charge in [-0.15, -0.1) is 5.10 Å². The van der Waals surface area contributed by atoms with Crippen LogP contribution >= 0.6 is 0 Å². The first-order valence-corrected chi connectivity index (χ1v) is 10.9. The van der Waals surface area contributed by atoms with Gasteiger partial charge < -0.3 is 9.64 Å². The van der Waals surface area contributed by atoms with Gasteiger partial charge in [-0.2, -0.15) is 4.98 Å². The fraction of sp³-hybridized carbons (Fsp3) is 0.250. The smallest absolute Gasteiger partial charge is 0.269 e. The number of carbonyl (C=O) groups is 1. The number of allylic oxidation sites excluding steroid dienone is 1. The van der Waals surface area contributed by atoms with E-state index in [0.29, 0.717) is 30.4 Å². The molecular weight excluding hydrogens is 418 g/mol. The lowest BCUT2D eigenvalue weighted by atomic mass is 9.99. The standard InChI is InChI=1S/C24H21N7O2/c32-21-15-33-12-11-30(21)19-7-5-18(6-8-19)27-24-28-23-22(25-9-10-31(23)29-24)17-13-16-3-1-2-4-20(16)26-14-17/h1-5,7,9-10,13-14,19H,6,8,11-12,15H2. The number of morpholine rings is 1. The maximum Gasteiger partial charge on any atom is 0.269 e. The number of carbonyl (C=O) groups excluding carboxylic acids is 1. The maximum absolute atomic E-state index is 12.1. The molecule has 1 aliphatic heterocycles. The van der Waals surface area contributed by atoms with Crippen molar-refractivity contribution in [1.82, 2.24) is 29.5 Å². The van der Waals surface area contributed by atoms with Crippen molar-refractivity contribution in [3.05, 3.63) is 61.1 Å². The summed E-state index contributed by atoms with van der Waals surface area (Å²) in [5.41, 5.74) is 4.04. The number of hydrogen-bond acceptors (Lipinski definition) is 7. The van der Waals surface area contributed by atoms with Crippen LogP contribution in [0.3, 0.4) is 0 Å². The number of hydrogen-bond donors (Lipinski definition) is 0. The van der Waals surface area contributed by atoms with E-state index in [4.69, 9.17) is 4.74 Å². The predicted molar refractivity (Wildman–Crippen MR) is 123 cm³/mol. The number of fused-ring (bicyclic) bond motifs is 2. The highest BCUT2D eigenvalue weighted by atomic mass is 16.5. The second kappa shape index (κ2) is 8.18. The van der Waals surface area contributed by atoms with Gasteiger partial charge in [0.15, 0.2) is 5.65 Å². The molecule has 0 radical (unpaired) electrons. The fourth-order valence-corrected chi connectivity index (χ4v) is 4.32.